The molecule has 18 heavy (non-hydrogen) atoms. The lowest BCUT2D eigenvalue weighted by Crippen LogP contribution is -2.04. The largest absolute Gasteiger partial charge is 0.451 e. The van der Waals surface area contributed by atoms with Crippen LogP contribution in [0.2, 0.25) is 0 Å². The zero-order valence-electron chi connectivity index (χ0n) is 10.4. The smallest absolute Gasteiger partial charge is 0.263 e. The Labute approximate surface area is 105 Å². The van der Waals surface area contributed by atoms with E-state index >= 15 is 0 Å². The topological polar surface area (TPSA) is 51.2 Å². The lowest BCUT2D eigenvalue weighted by molar-refractivity contribution is 0.533. The number of rotatable bonds is 3. The Kier molecular flexibility index (Phi) is 2.64. The van der Waals surface area contributed by atoms with Gasteiger partial charge in [-0.25, -0.2) is 4.98 Å². The summed E-state index contributed by atoms with van der Waals surface area (Å²) in [5.74, 6) is 1.19. The first kappa shape index (κ1) is 11.0. The van der Waals surface area contributed by atoms with Crippen molar-refractivity contribution in [2.24, 2.45) is 0 Å². The van der Waals surface area contributed by atoms with E-state index in [9.17, 15) is 0 Å². The fourth-order valence-electron chi connectivity index (χ4n) is 1.95. The van der Waals surface area contributed by atoms with Crippen molar-refractivity contribution in [3.8, 4) is 11.7 Å². The van der Waals surface area contributed by atoms with Crippen LogP contribution in [0.3, 0.4) is 0 Å². The second-order valence-corrected chi connectivity index (χ2v) is 4.33. The van der Waals surface area contributed by atoms with Gasteiger partial charge in [0.1, 0.15) is 11.8 Å². The molecular weight excluding hydrogens is 228 g/mol. The Morgan fingerprint density at radius 3 is 3.00 bits per heavy atom. The third-order valence-corrected chi connectivity index (χ3v) is 2.79. The molecule has 1 aromatic carbocycles. The second-order valence-electron chi connectivity index (χ2n) is 4.33. The highest BCUT2D eigenvalue weighted by molar-refractivity contribution is 5.82. The van der Waals surface area contributed by atoms with Gasteiger partial charge in [0.2, 0.25) is 0 Å². The van der Waals surface area contributed by atoms with Crippen LogP contribution in [0.5, 0.6) is 0 Å². The molecule has 0 amide bonds. The fraction of sp³-hybridized carbons (Fsp3) is 0.214. The third kappa shape index (κ3) is 1.91. The van der Waals surface area contributed by atoms with Gasteiger partial charge in [-0.1, -0.05) is 11.6 Å². The molecule has 3 rings (SSSR count). The van der Waals surface area contributed by atoms with E-state index in [1.165, 1.54) is 5.56 Å². The first-order valence-corrected chi connectivity index (χ1v) is 5.86. The van der Waals surface area contributed by atoms with E-state index in [-0.39, 0.29) is 0 Å². The summed E-state index contributed by atoms with van der Waals surface area (Å²) in [5.41, 5.74) is 2.92. The minimum atomic E-state index is 0.522. The second kappa shape index (κ2) is 4.31. The van der Waals surface area contributed by atoms with Crippen LogP contribution in [0.1, 0.15) is 11.3 Å². The van der Waals surface area contributed by atoms with Gasteiger partial charge in [0.25, 0.3) is 5.89 Å². The van der Waals surface area contributed by atoms with Crippen LogP contribution < -0.4 is 5.32 Å². The summed E-state index contributed by atoms with van der Waals surface area (Å²) < 4.78 is 11.1. The summed E-state index contributed by atoms with van der Waals surface area (Å²) in [6.45, 7) is 2.74. The number of fused-ring (bicyclic) bond motifs is 1. The molecule has 0 spiro atoms. The molecule has 0 bridgehead atoms. The molecule has 0 aliphatic heterocycles. The van der Waals surface area contributed by atoms with Crippen molar-refractivity contribution in [2.45, 2.75) is 13.5 Å². The molecule has 2 heterocycles. The van der Waals surface area contributed by atoms with Gasteiger partial charge in [-0.2, -0.15) is 0 Å². The van der Waals surface area contributed by atoms with Crippen molar-refractivity contribution in [3.63, 3.8) is 0 Å². The Morgan fingerprint density at radius 2 is 2.17 bits per heavy atom. The van der Waals surface area contributed by atoms with Gasteiger partial charge < -0.3 is 14.2 Å². The van der Waals surface area contributed by atoms with E-state index in [1.807, 2.05) is 25.2 Å². The van der Waals surface area contributed by atoms with Crippen molar-refractivity contribution in [3.05, 3.63) is 41.8 Å². The van der Waals surface area contributed by atoms with Crippen molar-refractivity contribution >= 4 is 11.0 Å². The predicted molar refractivity (Wildman–Crippen MR) is 69.2 cm³/mol. The zero-order chi connectivity index (χ0) is 12.5. The molecule has 1 N–H and O–H groups in total. The number of oxazole rings is 1. The number of furan rings is 1. The molecule has 0 radical (unpaired) electrons. The maximum Gasteiger partial charge on any atom is 0.263 e. The summed E-state index contributed by atoms with van der Waals surface area (Å²) in [4.78, 5) is 4.37. The SMILES string of the molecule is CNCc1coc(-c2cc3cc(C)ccc3o2)n1. The minimum absolute atomic E-state index is 0.522. The molecular formula is C14H14N2O2. The first-order valence-electron chi connectivity index (χ1n) is 5.86. The molecule has 0 fully saturated rings. The normalized spacial score (nSPS) is 11.2. The lowest BCUT2D eigenvalue weighted by atomic mass is 10.2. The van der Waals surface area contributed by atoms with Crippen LogP contribution in [0.4, 0.5) is 0 Å². The summed E-state index contributed by atoms with van der Waals surface area (Å²) in [6.07, 6.45) is 1.64. The molecule has 0 saturated heterocycles. The quantitative estimate of drug-likeness (QED) is 0.766. The summed E-state index contributed by atoms with van der Waals surface area (Å²) in [5, 5.41) is 4.10. The van der Waals surface area contributed by atoms with Crippen LogP contribution in [0, 0.1) is 6.92 Å². The van der Waals surface area contributed by atoms with E-state index in [0.717, 1.165) is 16.7 Å². The highest BCUT2D eigenvalue weighted by Gasteiger charge is 2.12. The molecule has 0 unspecified atom stereocenters. The van der Waals surface area contributed by atoms with Crippen molar-refractivity contribution in [1.29, 1.82) is 0 Å². The summed E-state index contributed by atoms with van der Waals surface area (Å²) >= 11 is 0. The van der Waals surface area contributed by atoms with Crippen molar-refractivity contribution in [1.82, 2.24) is 10.3 Å². The number of nitrogens with one attached hydrogen (secondary N) is 1. The molecule has 0 aliphatic rings. The van der Waals surface area contributed by atoms with E-state index in [0.29, 0.717) is 18.2 Å². The standard InChI is InChI=1S/C14H14N2O2/c1-9-3-4-12-10(5-9)6-13(18-12)14-16-11(7-15-2)8-17-14/h3-6,8,15H,7H2,1-2H3. The van der Waals surface area contributed by atoms with E-state index in [1.54, 1.807) is 6.26 Å². The average molecular weight is 242 g/mol. The van der Waals surface area contributed by atoms with Crippen LogP contribution in [0.15, 0.2) is 39.4 Å². The van der Waals surface area contributed by atoms with Gasteiger partial charge in [-0.3, -0.25) is 0 Å². The Hall–Kier alpha value is -2.07. The van der Waals surface area contributed by atoms with Crippen LogP contribution in [-0.4, -0.2) is 12.0 Å². The maximum atomic E-state index is 5.72. The number of benzene rings is 1. The Morgan fingerprint density at radius 1 is 1.28 bits per heavy atom. The Balaban J connectivity index is 2.02. The first-order chi connectivity index (χ1) is 8.76. The maximum absolute atomic E-state index is 5.72. The van der Waals surface area contributed by atoms with Crippen LogP contribution in [-0.2, 0) is 6.54 Å². The Bertz CT molecular complexity index is 682. The van der Waals surface area contributed by atoms with Gasteiger partial charge in [0.15, 0.2) is 5.76 Å². The summed E-state index contributed by atoms with van der Waals surface area (Å²) in [7, 11) is 1.87. The molecule has 4 heteroatoms. The monoisotopic (exact) mass is 242 g/mol. The highest BCUT2D eigenvalue weighted by atomic mass is 16.4. The average Bonchev–Trinajstić information content (AvgIpc) is 2.94. The number of hydrogen-bond donors (Lipinski definition) is 1. The lowest BCUT2D eigenvalue weighted by Gasteiger charge is -1.89. The molecule has 92 valence electrons. The van der Waals surface area contributed by atoms with E-state index in [4.69, 9.17) is 8.83 Å². The van der Waals surface area contributed by atoms with Crippen molar-refractivity contribution in [2.75, 3.05) is 7.05 Å². The number of aromatic nitrogens is 1. The summed E-state index contributed by atoms with van der Waals surface area (Å²) in [6, 6.07) is 8.03. The number of nitrogens with zero attached hydrogens (tertiary/aromatic N) is 1. The van der Waals surface area contributed by atoms with Gasteiger partial charge in [-0.15, -0.1) is 0 Å². The van der Waals surface area contributed by atoms with Crippen LogP contribution in [0.25, 0.3) is 22.6 Å². The predicted octanol–water partition coefficient (Wildman–Crippen LogP) is 3.12. The fourth-order valence-corrected chi connectivity index (χ4v) is 1.95. The van der Waals surface area contributed by atoms with Gasteiger partial charge >= 0.3 is 0 Å². The third-order valence-electron chi connectivity index (χ3n) is 2.79. The molecule has 0 atom stereocenters. The molecule has 4 nitrogen and oxygen atoms in total. The highest BCUT2D eigenvalue weighted by Crippen LogP contribution is 2.27. The molecule has 0 aliphatic carbocycles. The van der Waals surface area contributed by atoms with E-state index < -0.39 is 0 Å². The van der Waals surface area contributed by atoms with Gasteiger partial charge in [0, 0.05) is 11.9 Å². The van der Waals surface area contributed by atoms with Gasteiger partial charge in [0.05, 0.1) is 5.69 Å². The number of aryl methyl sites for hydroxylation is 1. The van der Waals surface area contributed by atoms with E-state index in [2.05, 4.69) is 23.3 Å². The molecule has 3 aromatic rings. The van der Waals surface area contributed by atoms with Crippen molar-refractivity contribution < 1.29 is 8.83 Å². The number of hydrogen-bond acceptors (Lipinski definition) is 4. The molecule has 2 aromatic heterocycles. The van der Waals surface area contributed by atoms with Crippen LogP contribution >= 0.6 is 0 Å². The minimum Gasteiger partial charge on any atom is -0.451 e. The van der Waals surface area contributed by atoms with Gasteiger partial charge in [-0.05, 0) is 32.2 Å². The zero-order valence-corrected chi connectivity index (χ0v) is 10.4. The molecule has 0 saturated carbocycles.